The summed E-state index contributed by atoms with van der Waals surface area (Å²) in [5.74, 6) is 0.177. The van der Waals surface area contributed by atoms with Gasteiger partial charge in [0.05, 0.1) is 6.54 Å². The van der Waals surface area contributed by atoms with Crippen molar-refractivity contribution in [1.29, 1.82) is 0 Å². The number of ether oxygens (including phenoxy) is 2. The number of hydrogen-bond donors (Lipinski definition) is 0. The molecule has 0 aromatic carbocycles. The van der Waals surface area contributed by atoms with Gasteiger partial charge in [0.15, 0.2) is 6.29 Å². The molecule has 5 heteroatoms. The molecule has 0 aliphatic heterocycles. The standard InChI is InChI=1S/C17H26N2O3/c1-3-21-17(22-4-2)13-19(15-8-9-15)16(20)10-7-14-6-5-11-18-12-14/h5-6,11-12,15,17H,3-4,7-10,13H2,1-2H3. The van der Waals surface area contributed by atoms with Gasteiger partial charge in [-0.05, 0) is 44.7 Å². The number of carbonyl (C=O) groups is 1. The van der Waals surface area contributed by atoms with Crippen LogP contribution in [0.25, 0.3) is 0 Å². The van der Waals surface area contributed by atoms with E-state index in [1.54, 1.807) is 6.20 Å². The van der Waals surface area contributed by atoms with Gasteiger partial charge >= 0.3 is 0 Å². The topological polar surface area (TPSA) is 51.7 Å². The molecule has 1 aromatic heterocycles. The van der Waals surface area contributed by atoms with Gasteiger partial charge in [-0.2, -0.15) is 0 Å². The number of rotatable bonds is 10. The monoisotopic (exact) mass is 306 g/mol. The summed E-state index contributed by atoms with van der Waals surface area (Å²) in [6, 6.07) is 4.27. The van der Waals surface area contributed by atoms with Gasteiger partial charge in [0.2, 0.25) is 5.91 Å². The fourth-order valence-electron chi connectivity index (χ4n) is 2.47. The normalized spacial score (nSPS) is 14.3. The molecule has 0 spiro atoms. The predicted octanol–water partition coefficient (Wildman–Crippen LogP) is 2.40. The van der Waals surface area contributed by atoms with Crippen molar-refractivity contribution >= 4 is 5.91 Å². The minimum Gasteiger partial charge on any atom is -0.351 e. The van der Waals surface area contributed by atoms with Gasteiger partial charge in [-0.1, -0.05) is 6.07 Å². The van der Waals surface area contributed by atoms with Crippen LogP contribution in [0.2, 0.25) is 0 Å². The second-order valence-electron chi connectivity index (χ2n) is 5.48. The molecular weight excluding hydrogens is 280 g/mol. The van der Waals surface area contributed by atoms with E-state index in [1.165, 1.54) is 0 Å². The van der Waals surface area contributed by atoms with E-state index in [0.717, 1.165) is 24.8 Å². The summed E-state index contributed by atoms with van der Waals surface area (Å²) in [6.45, 7) is 5.59. The minimum atomic E-state index is -0.321. The largest absolute Gasteiger partial charge is 0.351 e. The quantitative estimate of drug-likeness (QED) is 0.623. The molecule has 1 fully saturated rings. The molecule has 1 aromatic rings. The first-order chi connectivity index (χ1) is 10.7. The van der Waals surface area contributed by atoms with Crippen molar-refractivity contribution in [3.05, 3.63) is 30.1 Å². The van der Waals surface area contributed by atoms with Crippen LogP contribution in [0.5, 0.6) is 0 Å². The first-order valence-corrected chi connectivity index (χ1v) is 8.16. The summed E-state index contributed by atoms with van der Waals surface area (Å²) in [7, 11) is 0. The molecular formula is C17H26N2O3. The van der Waals surface area contributed by atoms with E-state index >= 15 is 0 Å². The lowest BCUT2D eigenvalue weighted by Gasteiger charge is -2.27. The lowest BCUT2D eigenvalue weighted by Crippen LogP contribution is -2.41. The highest BCUT2D eigenvalue weighted by molar-refractivity contribution is 5.77. The van der Waals surface area contributed by atoms with E-state index in [0.29, 0.717) is 32.2 Å². The van der Waals surface area contributed by atoms with Crippen LogP contribution < -0.4 is 0 Å². The Bertz CT molecular complexity index is 442. The van der Waals surface area contributed by atoms with Crippen LogP contribution in [-0.2, 0) is 20.7 Å². The van der Waals surface area contributed by atoms with Gasteiger partial charge < -0.3 is 14.4 Å². The summed E-state index contributed by atoms with van der Waals surface area (Å²) in [6.07, 6.45) is 6.65. The zero-order chi connectivity index (χ0) is 15.8. The summed E-state index contributed by atoms with van der Waals surface area (Å²) in [5, 5.41) is 0. The highest BCUT2D eigenvalue weighted by Gasteiger charge is 2.34. The molecule has 0 unspecified atom stereocenters. The molecule has 1 amide bonds. The van der Waals surface area contributed by atoms with Crippen LogP contribution in [0.1, 0.15) is 38.7 Å². The zero-order valence-corrected chi connectivity index (χ0v) is 13.5. The van der Waals surface area contributed by atoms with E-state index in [2.05, 4.69) is 4.98 Å². The molecule has 0 bridgehead atoms. The molecule has 1 aliphatic carbocycles. The first-order valence-electron chi connectivity index (χ1n) is 8.16. The molecule has 1 saturated carbocycles. The highest BCUT2D eigenvalue weighted by atomic mass is 16.7. The number of pyridine rings is 1. The Hall–Kier alpha value is -1.46. The number of hydrogen-bond acceptors (Lipinski definition) is 4. The zero-order valence-electron chi connectivity index (χ0n) is 13.5. The maximum Gasteiger partial charge on any atom is 0.223 e. The lowest BCUT2D eigenvalue weighted by atomic mass is 10.1. The molecule has 5 nitrogen and oxygen atoms in total. The van der Waals surface area contributed by atoms with Crippen LogP contribution >= 0.6 is 0 Å². The highest BCUT2D eigenvalue weighted by Crippen LogP contribution is 2.28. The number of aromatic nitrogens is 1. The molecule has 0 atom stereocenters. The third kappa shape index (κ3) is 5.39. The van der Waals surface area contributed by atoms with Crippen molar-refractivity contribution in [2.24, 2.45) is 0 Å². The second kappa shape index (κ2) is 8.86. The van der Waals surface area contributed by atoms with E-state index in [-0.39, 0.29) is 12.2 Å². The van der Waals surface area contributed by atoms with Gasteiger partial charge in [0.25, 0.3) is 0 Å². The van der Waals surface area contributed by atoms with E-state index in [4.69, 9.17) is 9.47 Å². The van der Waals surface area contributed by atoms with Crippen molar-refractivity contribution in [2.45, 2.75) is 51.9 Å². The SMILES string of the molecule is CCOC(CN(C(=O)CCc1cccnc1)C1CC1)OCC. The average Bonchev–Trinajstić information content (AvgIpc) is 3.36. The van der Waals surface area contributed by atoms with Gasteiger partial charge in [-0.15, -0.1) is 0 Å². The minimum absolute atomic E-state index is 0.177. The van der Waals surface area contributed by atoms with Gasteiger partial charge in [0.1, 0.15) is 0 Å². The molecule has 0 radical (unpaired) electrons. The summed E-state index contributed by atoms with van der Waals surface area (Å²) in [4.78, 5) is 18.6. The number of carbonyl (C=O) groups excluding carboxylic acids is 1. The maximum absolute atomic E-state index is 12.5. The van der Waals surface area contributed by atoms with E-state index < -0.39 is 0 Å². The molecule has 22 heavy (non-hydrogen) atoms. The fourth-order valence-corrected chi connectivity index (χ4v) is 2.47. The fraction of sp³-hybridized carbons (Fsp3) is 0.647. The van der Waals surface area contributed by atoms with Gasteiger partial charge in [-0.3, -0.25) is 9.78 Å². The van der Waals surface area contributed by atoms with Crippen molar-refractivity contribution in [3.8, 4) is 0 Å². The molecule has 1 heterocycles. The number of amides is 1. The summed E-state index contributed by atoms with van der Waals surface area (Å²) >= 11 is 0. The number of aryl methyl sites for hydroxylation is 1. The Morgan fingerprint density at radius 1 is 1.36 bits per heavy atom. The summed E-state index contributed by atoms with van der Waals surface area (Å²) in [5.41, 5.74) is 1.10. The van der Waals surface area contributed by atoms with Crippen LogP contribution in [0.3, 0.4) is 0 Å². The Kier molecular flexibility index (Phi) is 6.80. The maximum atomic E-state index is 12.5. The van der Waals surface area contributed by atoms with Crippen LogP contribution in [0.4, 0.5) is 0 Å². The Morgan fingerprint density at radius 2 is 2.09 bits per heavy atom. The van der Waals surface area contributed by atoms with Crippen LogP contribution in [0.15, 0.2) is 24.5 Å². The van der Waals surface area contributed by atoms with E-state index in [1.807, 2.05) is 37.1 Å². The third-order valence-electron chi connectivity index (χ3n) is 3.71. The molecule has 1 aliphatic rings. The Labute approximate surface area is 132 Å². The smallest absolute Gasteiger partial charge is 0.223 e. The molecule has 122 valence electrons. The predicted molar refractivity (Wildman–Crippen MR) is 84.3 cm³/mol. The number of nitrogens with zero attached hydrogens (tertiary/aromatic N) is 2. The average molecular weight is 306 g/mol. The molecule has 0 N–H and O–H groups in total. The Morgan fingerprint density at radius 3 is 2.64 bits per heavy atom. The molecule has 2 rings (SSSR count). The Balaban J connectivity index is 1.87. The lowest BCUT2D eigenvalue weighted by molar-refractivity contribution is -0.159. The second-order valence-corrected chi connectivity index (χ2v) is 5.48. The van der Waals surface area contributed by atoms with Crippen molar-refractivity contribution in [1.82, 2.24) is 9.88 Å². The summed E-state index contributed by atoms with van der Waals surface area (Å²) < 4.78 is 11.2. The van der Waals surface area contributed by atoms with Crippen LogP contribution in [-0.4, -0.2) is 47.9 Å². The first kappa shape index (κ1) is 16.9. The van der Waals surface area contributed by atoms with Gasteiger partial charge in [-0.25, -0.2) is 0 Å². The molecule has 0 saturated heterocycles. The third-order valence-corrected chi connectivity index (χ3v) is 3.71. The van der Waals surface area contributed by atoms with Gasteiger partial charge in [0, 0.05) is 38.1 Å². The van der Waals surface area contributed by atoms with Crippen molar-refractivity contribution < 1.29 is 14.3 Å². The van der Waals surface area contributed by atoms with Crippen molar-refractivity contribution in [3.63, 3.8) is 0 Å². The van der Waals surface area contributed by atoms with Crippen molar-refractivity contribution in [2.75, 3.05) is 19.8 Å². The van der Waals surface area contributed by atoms with Crippen LogP contribution in [0, 0.1) is 0 Å². The van der Waals surface area contributed by atoms with E-state index in [9.17, 15) is 4.79 Å².